The van der Waals surface area contributed by atoms with Crippen LogP contribution in [-0.4, -0.2) is 27.3 Å². The number of hydrogen-bond donors (Lipinski definition) is 0. The summed E-state index contributed by atoms with van der Waals surface area (Å²) in [6.45, 7) is 1.62. The molecule has 3 nitrogen and oxygen atoms in total. The van der Waals surface area contributed by atoms with Crippen LogP contribution >= 0.6 is 11.8 Å². The van der Waals surface area contributed by atoms with Gasteiger partial charge in [0.15, 0.2) is 0 Å². The summed E-state index contributed by atoms with van der Waals surface area (Å²) in [6.07, 6.45) is 4.73. The number of carbonyl (C=O) groups excluding carboxylic acids is 1. The van der Waals surface area contributed by atoms with Gasteiger partial charge in [0.2, 0.25) is 5.91 Å². The quantitative estimate of drug-likeness (QED) is 0.364. The van der Waals surface area contributed by atoms with E-state index in [1.54, 1.807) is 0 Å². The Hall–Kier alpha value is -2.98. The molecule has 1 unspecified atom stereocenters. The van der Waals surface area contributed by atoms with Crippen molar-refractivity contribution in [3.8, 4) is 0 Å². The van der Waals surface area contributed by atoms with Crippen molar-refractivity contribution in [3.63, 3.8) is 0 Å². The predicted molar refractivity (Wildman–Crippen MR) is 128 cm³/mol. The van der Waals surface area contributed by atoms with Gasteiger partial charge < -0.3 is 9.47 Å². The number of hydrogen-bond acceptors (Lipinski definition) is 2. The third kappa shape index (κ3) is 4.40. The molecule has 1 amide bonds. The summed E-state index contributed by atoms with van der Waals surface area (Å²) in [5, 5.41) is 1.52. The maximum atomic E-state index is 12.6. The van der Waals surface area contributed by atoms with Crippen molar-refractivity contribution >= 4 is 28.6 Å². The number of fused-ring (bicyclic) bond motifs is 1. The van der Waals surface area contributed by atoms with E-state index in [4.69, 9.17) is 0 Å². The number of amides is 1. The first-order chi connectivity index (χ1) is 15.3. The maximum absolute atomic E-state index is 12.6. The molecule has 4 aromatic rings. The van der Waals surface area contributed by atoms with Gasteiger partial charge in [-0.25, -0.2) is 0 Å². The van der Waals surface area contributed by atoms with Crippen LogP contribution in [0.5, 0.6) is 0 Å². The Morgan fingerprint density at radius 3 is 2.39 bits per heavy atom. The molecule has 1 fully saturated rings. The highest BCUT2D eigenvalue weighted by Crippen LogP contribution is 2.34. The molecule has 1 aliphatic rings. The summed E-state index contributed by atoms with van der Waals surface area (Å²) in [5.41, 5.74) is 3.86. The fourth-order valence-corrected chi connectivity index (χ4v) is 5.64. The van der Waals surface area contributed by atoms with Crippen molar-refractivity contribution in [3.05, 3.63) is 102 Å². The lowest BCUT2D eigenvalue weighted by Gasteiger charge is -2.24. The molecule has 0 aliphatic carbocycles. The van der Waals surface area contributed by atoms with Crippen molar-refractivity contribution in [2.45, 2.75) is 36.1 Å². The summed E-state index contributed by atoms with van der Waals surface area (Å²) < 4.78 is 2.34. The van der Waals surface area contributed by atoms with Gasteiger partial charge in [-0.15, -0.1) is 11.8 Å². The molecular weight excluding hydrogens is 400 g/mol. The van der Waals surface area contributed by atoms with Crippen LogP contribution in [0.1, 0.15) is 24.0 Å². The topological polar surface area (TPSA) is 25.2 Å². The van der Waals surface area contributed by atoms with E-state index >= 15 is 0 Å². The zero-order valence-electron chi connectivity index (χ0n) is 17.5. The molecule has 1 aromatic heterocycles. The van der Waals surface area contributed by atoms with Crippen LogP contribution in [0.2, 0.25) is 0 Å². The van der Waals surface area contributed by atoms with Gasteiger partial charge in [0.1, 0.15) is 0 Å². The zero-order chi connectivity index (χ0) is 21.0. The number of para-hydroxylation sites is 1. The van der Waals surface area contributed by atoms with Crippen molar-refractivity contribution < 1.29 is 4.79 Å². The van der Waals surface area contributed by atoms with Crippen LogP contribution in [-0.2, 0) is 17.8 Å². The van der Waals surface area contributed by atoms with E-state index in [9.17, 15) is 4.79 Å². The van der Waals surface area contributed by atoms with Crippen molar-refractivity contribution in [2.75, 3.05) is 6.54 Å². The molecule has 156 valence electrons. The molecule has 1 saturated heterocycles. The highest BCUT2D eigenvalue weighted by molar-refractivity contribution is 8.00. The molecular formula is C27H26N2OS. The molecule has 5 rings (SSSR count). The number of rotatable bonds is 7. The highest BCUT2D eigenvalue weighted by atomic mass is 32.2. The van der Waals surface area contributed by atoms with Gasteiger partial charge in [-0.1, -0.05) is 66.7 Å². The van der Waals surface area contributed by atoms with Gasteiger partial charge in [0.25, 0.3) is 0 Å². The average molecular weight is 427 g/mol. The van der Waals surface area contributed by atoms with E-state index in [0.29, 0.717) is 6.42 Å². The van der Waals surface area contributed by atoms with Crippen molar-refractivity contribution in [2.24, 2.45) is 0 Å². The van der Waals surface area contributed by atoms with Crippen LogP contribution in [0.15, 0.2) is 96.0 Å². The smallest absolute Gasteiger partial charge is 0.223 e. The summed E-state index contributed by atoms with van der Waals surface area (Å²) in [6, 6.07) is 29.6. The standard InChI is InChI=1S/C27H26N2OS/c30-26-15-16-27(31-23-11-5-2-6-12-23)29(26)18-17-22-20-28(19-21-9-3-1-4-10-21)25-14-8-7-13-24(22)25/h1-14,20,27H,15-19H2. The van der Waals surface area contributed by atoms with E-state index in [2.05, 4.69) is 94.5 Å². The van der Waals surface area contributed by atoms with Crippen LogP contribution in [0.3, 0.4) is 0 Å². The fourth-order valence-electron chi connectivity index (χ4n) is 4.43. The Balaban J connectivity index is 1.34. The Bertz CT molecular complexity index is 1170. The van der Waals surface area contributed by atoms with Crippen LogP contribution in [0.25, 0.3) is 10.9 Å². The van der Waals surface area contributed by atoms with Gasteiger partial charge in [-0.3, -0.25) is 4.79 Å². The van der Waals surface area contributed by atoms with E-state index in [0.717, 1.165) is 25.9 Å². The van der Waals surface area contributed by atoms with Crippen molar-refractivity contribution in [1.82, 2.24) is 9.47 Å². The molecule has 31 heavy (non-hydrogen) atoms. The molecule has 1 atom stereocenters. The number of carbonyl (C=O) groups is 1. The summed E-state index contributed by atoms with van der Waals surface area (Å²) in [5.74, 6) is 0.279. The molecule has 4 heteroatoms. The molecule has 1 aliphatic heterocycles. The van der Waals surface area contributed by atoms with E-state index in [-0.39, 0.29) is 11.3 Å². The lowest BCUT2D eigenvalue weighted by atomic mass is 10.1. The maximum Gasteiger partial charge on any atom is 0.223 e. The van der Waals surface area contributed by atoms with Gasteiger partial charge in [0.05, 0.1) is 5.37 Å². The number of aromatic nitrogens is 1. The van der Waals surface area contributed by atoms with E-state index in [1.807, 2.05) is 17.8 Å². The molecule has 0 spiro atoms. The number of likely N-dealkylation sites (tertiary alicyclic amines) is 1. The molecule has 0 N–H and O–H groups in total. The van der Waals surface area contributed by atoms with E-state index in [1.165, 1.54) is 26.9 Å². The Morgan fingerprint density at radius 1 is 0.871 bits per heavy atom. The van der Waals surface area contributed by atoms with Gasteiger partial charge in [-0.2, -0.15) is 0 Å². The minimum absolute atomic E-state index is 0.229. The molecule has 2 heterocycles. The first-order valence-electron chi connectivity index (χ1n) is 10.9. The van der Waals surface area contributed by atoms with Crippen molar-refractivity contribution in [1.29, 1.82) is 0 Å². The highest BCUT2D eigenvalue weighted by Gasteiger charge is 2.31. The lowest BCUT2D eigenvalue weighted by molar-refractivity contribution is -0.128. The first kappa shape index (κ1) is 20.0. The predicted octanol–water partition coefficient (Wildman–Crippen LogP) is 5.97. The SMILES string of the molecule is O=C1CCC(Sc2ccccc2)N1CCc1cn(Cc2ccccc2)c2ccccc12. The van der Waals surface area contributed by atoms with E-state index < -0.39 is 0 Å². The molecule has 0 radical (unpaired) electrons. The summed E-state index contributed by atoms with van der Waals surface area (Å²) in [4.78, 5) is 15.9. The Labute approximate surface area is 187 Å². The van der Waals surface area contributed by atoms with Crippen LogP contribution in [0, 0.1) is 0 Å². The second-order valence-electron chi connectivity index (χ2n) is 8.05. The monoisotopic (exact) mass is 426 g/mol. The third-order valence-electron chi connectivity index (χ3n) is 5.98. The Kier molecular flexibility index (Phi) is 5.81. The van der Waals surface area contributed by atoms with Gasteiger partial charge in [-0.05, 0) is 42.2 Å². The average Bonchev–Trinajstić information content (AvgIpc) is 3.34. The minimum atomic E-state index is 0.229. The minimum Gasteiger partial charge on any atom is -0.343 e. The Morgan fingerprint density at radius 2 is 1.58 bits per heavy atom. The van der Waals surface area contributed by atoms with Gasteiger partial charge in [0, 0.05) is 41.5 Å². The molecule has 0 bridgehead atoms. The largest absolute Gasteiger partial charge is 0.343 e. The summed E-state index contributed by atoms with van der Waals surface area (Å²) >= 11 is 1.81. The zero-order valence-corrected chi connectivity index (χ0v) is 18.3. The molecule has 3 aromatic carbocycles. The van der Waals surface area contributed by atoms with Crippen LogP contribution in [0.4, 0.5) is 0 Å². The third-order valence-corrected chi connectivity index (χ3v) is 7.28. The summed E-state index contributed by atoms with van der Waals surface area (Å²) in [7, 11) is 0. The van der Waals surface area contributed by atoms with Gasteiger partial charge >= 0.3 is 0 Å². The normalized spacial score (nSPS) is 16.3. The second-order valence-corrected chi connectivity index (χ2v) is 9.30. The number of thioether (sulfide) groups is 1. The first-order valence-corrected chi connectivity index (χ1v) is 11.8. The number of benzene rings is 3. The second kappa shape index (κ2) is 9.03. The van der Waals surface area contributed by atoms with Crippen LogP contribution < -0.4 is 0 Å². The molecule has 0 saturated carbocycles. The lowest BCUT2D eigenvalue weighted by Crippen LogP contribution is -2.32. The number of nitrogens with zero attached hydrogens (tertiary/aromatic N) is 2. The fraction of sp³-hybridized carbons (Fsp3) is 0.222.